The van der Waals surface area contributed by atoms with E-state index < -0.39 is 11.8 Å². The maximum Gasteiger partial charge on any atom is 0.319 e. The third-order valence-electron chi connectivity index (χ3n) is 3.78. The van der Waals surface area contributed by atoms with Crippen molar-refractivity contribution in [2.24, 2.45) is 0 Å². The Morgan fingerprint density at radius 3 is 2.91 bits per heavy atom. The van der Waals surface area contributed by atoms with Gasteiger partial charge >= 0.3 is 6.03 Å². The Bertz CT molecular complexity index is 751. The van der Waals surface area contributed by atoms with Gasteiger partial charge in [0.15, 0.2) is 0 Å². The van der Waals surface area contributed by atoms with Crippen LogP contribution in [0.3, 0.4) is 0 Å². The first-order valence-corrected chi connectivity index (χ1v) is 8.28. The highest BCUT2D eigenvalue weighted by molar-refractivity contribution is 7.99. The standard InChI is InChI=1S/C17H16F2N2OS/c1-10-5-6-11(18)9-15(10)21-17(22)20-14-7-8-23-16-12(14)3-2-4-13(16)19/h2-6,9,14H,7-8H2,1H3,(H2,20,21,22). The van der Waals surface area contributed by atoms with Gasteiger partial charge in [0.05, 0.1) is 6.04 Å². The van der Waals surface area contributed by atoms with Crippen molar-refractivity contribution in [2.75, 3.05) is 11.1 Å². The predicted octanol–water partition coefficient (Wildman–Crippen LogP) is 4.63. The smallest absolute Gasteiger partial charge is 0.319 e. The molecule has 0 saturated carbocycles. The van der Waals surface area contributed by atoms with Gasteiger partial charge < -0.3 is 10.6 Å². The van der Waals surface area contributed by atoms with E-state index in [0.717, 1.165) is 23.3 Å². The van der Waals surface area contributed by atoms with Gasteiger partial charge in [-0.3, -0.25) is 0 Å². The zero-order valence-corrected chi connectivity index (χ0v) is 13.3. The molecule has 120 valence electrons. The van der Waals surface area contributed by atoms with Crippen LogP contribution in [0.1, 0.15) is 23.6 Å². The van der Waals surface area contributed by atoms with Gasteiger partial charge in [-0.25, -0.2) is 13.6 Å². The van der Waals surface area contributed by atoms with Crippen LogP contribution >= 0.6 is 11.8 Å². The average Bonchev–Trinajstić information content (AvgIpc) is 2.52. The highest BCUT2D eigenvalue weighted by Gasteiger charge is 2.24. The van der Waals surface area contributed by atoms with Crippen molar-refractivity contribution in [1.82, 2.24) is 5.32 Å². The fraction of sp³-hybridized carbons (Fsp3) is 0.235. The third kappa shape index (κ3) is 3.47. The molecule has 3 nitrogen and oxygen atoms in total. The minimum absolute atomic E-state index is 0.254. The molecule has 6 heteroatoms. The monoisotopic (exact) mass is 334 g/mol. The Hall–Kier alpha value is -2.08. The Kier molecular flexibility index (Phi) is 4.52. The van der Waals surface area contributed by atoms with Crippen molar-refractivity contribution in [2.45, 2.75) is 24.3 Å². The average molecular weight is 334 g/mol. The third-order valence-corrected chi connectivity index (χ3v) is 4.94. The van der Waals surface area contributed by atoms with Gasteiger partial charge in [-0.15, -0.1) is 11.8 Å². The summed E-state index contributed by atoms with van der Waals surface area (Å²) in [5.74, 6) is 0.0606. The number of urea groups is 1. The molecule has 0 radical (unpaired) electrons. The second kappa shape index (κ2) is 6.58. The van der Waals surface area contributed by atoms with Crippen molar-refractivity contribution in [1.29, 1.82) is 0 Å². The van der Waals surface area contributed by atoms with Crippen LogP contribution < -0.4 is 10.6 Å². The summed E-state index contributed by atoms with van der Waals surface area (Å²) < 4.78 is 27.1. The highest BCUT2D eigenvalue weighted by Crippen LogP contribution is 2.37. The number of hydrogen-bond acceptors (Lipinski definition) is 2. The number of rotatable bonds is 2. The fourth-order valence-electron chi connectivity index (χ4n) is 2.58. The van der Waals surface area contributed by atoms with E-state index in [2.05, 4.69) is 10.6 Å². The van der Waals surface area contributed by atoms with Crippen LogP contribution in [-0.4, -0.2) is 11.8 Å². The van der Waals surface area contributed by atoms with E-state index in [1.54, 1.807) is 19.1 Å². The summed E-state index contributed by atoms with van der Waals surface area (Å²) in [5.41, 5.74) is 1.98. The summed E-state index contributed by atoms with van der Waals surface area (Å²) in [6, 6.07) is 8.43. The highest BCUT2D eigenvalue weighted by atomic mass is 32.2. The Balaban J connectivity index is 1.74. The van der Waals surface area contributed by atoms with Gasteiger partial charge in [0.25, 0.3) is 0 Å². The Labute approximate surface area is 137 Å². The van der Waals surface area contributed by atoms with E-state index in [9.17, 15) is 13.6 Å². The van der Waals surface area contributed by atoms with Gasteiger partial charge in [0.1, 0.15) is 11.6 Å². The van der Waals surface area contributed by atoms with Crippen molar-refractivity contribution in [3.8, 4) is 0 Å². The van der Waals surface area contributed by atoms with Gasteiger partial charge in [-0.2, -0.15) is 0 Å². The minimum atomic E-state index is -0.425. The lowest BCUT2D eigenvalue weighted by Gasteiger charge is -2.26. The minimum Gasteiger partial charge on any atom is -0.331 e. The molecule has 0 spiro atoms. The number of halogens is 2. The molecule has 2 N–H and O–H groups in total. The summed E-state index contributed by atoms with van der Waals surface area (Å²) in [7, 11) is 0. The molecule has 23 heavy (non-hydrogen) atoms. The zero-order valence-electron chi connectivity index (χ0n) is 12.5. The van der Waals surface area contributed by atoms with Crippen LogP contribution in [0, 0.1) is 18.6 Å². The molecule has 0 fully saturated rings. The number of nitrogens with one attached hydrogen (secondary N) is 2. The summed E-state index contributed by atoms with van der Waals surface area (Å²) >= 11 is 1.46. The number of amides is 2. The zero-order chi connectivity index (χ0) is 16.4. The normalized spacial score (nSPS) is 16.6. The van der Waals surface area contributed by atoms with E-state index in [1.165, 1.54) is 30.0 Å². The van der Waals surface area contributed by atoms with Crippen LogP contribution in [0.25, 0.3) is 0 Å². The molecule has 0 saturated heterocycles. The first-order valence-electron chi connectivity index (χ1n) is 7.29. The van der Waals surface area contributed by atoms with Crippen molar-refractivity contribution < 1.29 is 13.6 Å². The number of carbonyl (C=O) groups excluding carboxylic acids is 1. The molecule has 2 aromatic carbocycles. The van der Waals surface area contributed by atoms with Gasteiger partial charge in [-0.05, 0) is 42.7 Å². The Morgan fingerprint density at radius 2 is 2.09 bits per heavy atom. The number of benzene rings is 2. The van der Waals surface area contributed by atoms with Crippen molar-refractivity contribution >= 4 is 23.5 Å². The fourth-order valence-corrected chi connectivity index (χ4v) is 3.72. The van der Waals surface area contributed by atoms with E-state index in [0.29, 0.717) is 10.6 Å². The number of aryl methyl sites for hydroxylation is 1. The van der Waals surface area contributed by atoms with Gasteiger partial charge in [0.2, 0.25) is 0 Å². The molecule has 1 unspecified atom stereocenters. The number of thioether (sulfide) groups is 1. The second-order valence-electron chi connectivity index (χ2n) is 5.41. The molecule has 1 aliphatic rings. The molecule has 2 amide bonds. The van der Waals surface area contributed by atoms with E-state index >= 15 is 0 Å². The second-order valence-corrected chi connectivity index (χ2v) is 6.51. The lowest BCUT2D eigenvalue weighted by atomic mass is 10.0. The van der Waals surface area contributed by atoms with Crippen molar-refractivity contribution in [3.05, 3.63) is 59.2 Å². The Morgan fingerprint density at radius 1 is 1.26 bits per heavy atom. The summed E-state index contributed by atoms with van der Waals surface area (Å²) in [6.07, 6.45) is 0.719. The van der Waals surface area contributed by atoms with Gasteiger partial charge in [-0.1, -0.05) is 18.2 Å². The van der Waals surface area contributed by atoms with Crippen LogP contribution in [0.4, 0.5) is 19.3 Å². The molecule has 1 atom stereocenters. The lowest BCUT2D eigenvalue weighted by Crippen LogP contribution is -2.34. The lowest BCUT2D eigenvalue weighted by molar-refractivity contribution is 0.248. The van der Waals surface area contributed by atoms with E-state index in [4.69, 9.17) is 0 Å². The first-order chi connectivity index (χ1) is 11.0. The largest absolute Gasteiger partial charge is 0.331 e. The molecule has 0 aromatic heterocycles. The van der Waals surface area contributed by atoms with Crippen LogP contribution in [0.2, 0.25) is 0 Å². The SMILES string of the molecule is Cc1ccc(F)cc1NC(=O)NC1CCSc2c(F)cccc21. The van der Waals surface area contributed by atoms with Crippen LogP contribution in [0.15, 0.2) is 41.3 Å². The van der Waals surface area contributed by atoms with E-state index in [1.807, 2.05) is 6.07 Å². The molecular formula is C17H16F2N2OS. The molecule has 2 aromatic rings. The summed E-state index contributed by atoms with van der Waals surface area (Å²) in [5, 5.41) is 5.50. The number of carbonyl (C=O) groups is 1. The van der Waals surface area contributed by atoms with Gasteiger partial charge in [0, 0.05) is 16.3 Å². The maximum absolute atomic E-state index is 13.8. The maximum atomic E-state index is 13.8. The summed E-state index contributed by atoms with van der Waals surface area (Å²) in [4.78, 5) is 12.8. The number of anilines is 1. The number of hydrogen-bond donors (Lipinski definition) is 2. The van der Waals surface area contributed by atoms with Crippen LogP contribution in [0.5, 0.6) is 0 Å². The summed E-state index contributed by atoms with van der Waals surface area (Å²) in [6.45, 7) is 1.79. The molecule has 1 heterocycles. The topological polar surface area (TPSA) is 41.1 Å². The van der Waals surface area contributed by atoms with Crippen LogP contribution in [-0.2, 0) is 0 Å². The molecular weight excluding hydrogens is 318 g/mol. The molecule has 3 rings (SSSR count). The quantitative estimate of drug-likeness (QED) is 0.840. The molecule has 0 aliphatic carbocycles. The number of fused-ring (bicyclic) bond motifs is 1. The predicted molar refractivity (Wildman–Crippen MR) is 87.8 cm³/mol. The molecule has 0 bridgehead atoms. The van der Waals surface area contributed by atoms with Crippen molar-refractivity contribution in [3.63, 3.8) is 0 Å². The first kappa shape index (κ1) is 15.8. The molecule has 1 aliphatic heterocycles. The van der Waals surface area contributed by atoms with E-state index in [-0.39, 0.29) is 11.9 Å².